The van der Waals surface area contributed by atoms with E-state index in [9.17, 15) is 13.2 Å². The Labute approximate surface area is 100 Å². The van der Waals surface area contributed by atoms with E-state index in [0.717, 1.165) is 6.26 Å². The first kappa shape index (κ1) is 13.7. The summed E-state index contributed by atoms with van der Waals surface area (Å²) >= 11 is 0. The Hall–Kier alpha value is -1.37. The lowest BCUT2D eigenvalue weighted by Gasteiger charge is -2.10. The smallest absolute Gasteiger partial charge is 0.307 e. The lowest BCUT2D eigenvalue weighted by Crippen LogP contribution is -2.13. The minimum absolute atomic E-state index is 0.146. The van der Waals surface area contributed by atoms with Gasteiger partial charge in [-0.15, -0.1) is 0 Å². The fourth-order valence-electron chi connectivity index (χ4n) is 1.31. The quantitative estimate of drug-likeness (QED) is 0.732. The molecule has 6 nitrogen and oxygen atoms in total. The van der Waals surface area contributed by atoms with Gasteiger partial charge in [-0.1, -0.05) is 0 Å². The van der Waals surface area contributed by atoms with Gasteiger partial charge in [0.25, 0.3) is 0 Å². The number of rotatable bonds is 5. The van der Waals surface area contributed by atoms with E-state index in [0.29, 0.717) is 6.61 Å². The van der Waals surface area contributed by atoms with E-state index in [1.807, 2.05) is 0 Å². The average Bonchev–Trinajstić information content (AvgIpc) is 2.65. The van der Waals surface area contributed by atoms with Crippen molar-refractivity contribution in [3.8, 4) is 0 Å². The third-order valence-corrected chi connectivity index (χ3v) is 3.29. The van der Waals surface area contributed by atoms with Crippen molar-refractivity contribution in [3.63, 3.8) is 0 Å². The predicted molar refractivity (Wildman–Crippen MR) is 61.3 cm³/mol. The molecule has 0 amide bonds. The van der Waals surface area contributed by atoms with Gasteiger partial charge in [-0.05, 0) is 13.8 Å². The van der Waals surface area contributed by atoms with Crippen molar-refractivity contribution in [1.82, 2.24) is 9.78 Å². The van der Waals surface area contributed by atoms with Crippen LogP contribution in [0.4, 0.5) is 0 Å². The number of esters is 1. The molecule has 1 heterocycles. The molecule has 0 aliphatic rings. The SMILES string of the molecule is CCOC(=O)CC(C)n1cc(S(C)(=O)=O)cn1. The van der Waals surface area contributed by atoms with Gasteiger partial charge in [-0.25, -0.2) is 8.42 Å². The lowest BCUT2D eigenvalue weighted by atomic mass is 10.2. The molecule has 96 valence electrons. The highest BCUT2D eigenvalue weighted by atomic mass is 32.2. The number of sulfone groups is 1. The van der Waals surface area contributed by atoms with E-state index in [2.05, 4.69) is 5.10 Å². The van der Waals surface area contributed by atoms with Crippen LogP contribution in [-0.2, 0) is 19.4 Å². The normalized spacial score (nSPS) is 13.4. The topological polar surface area (TPSA) is 78.3 Å². The van der Waals surface area contributed by atoms with Crippen molar-refractivity contribution in [2.24, 2.45) is 0 Å². The Bertz CT molecular complexity index is 492. The number of ether oxygens (including phenoxy) is 1. The summed E-state index contributed by atoms with van der Waals surface area (Å²) in [7, 11) is -3.25. The molecule has 0 radical (unpaired) electrons. The van der Waals surface area contributed by atoms with Crippen molar-refractivity contribution in [2.45, 2.75) is 31.2 Å². The van der Waals surface area contributed by atoms with Gasteiger partial charge in [0, 0.05) is 12.5 Å². The van der Waals surface area contributed by atoms with E-state index < -0.39 is 9.84 Å². The van der Waals surface area contributed by atoms with E-state index in [-0.39, 0.29) is 23.3 Å². The zero-order chi connectivity index (χ0) is 13.1. The number of nitrogens with zero attached hydrogens (tertiary/aromatic N) is 2. The Kier molecular flexibility index (Phi) is 4.28. The van der Waals surface area contributed by atoms with Crippen LogP contribution in [0.25, 0.3) is 0 Å². The summed E-state index contributed by atoms with van der Waals surface area (Å²) in [6.07, 6.45) is 3.97. The second-order valence-electron chi connectivity index (χ2n) is 3.79. The van der Waals surface area contributed by atoms with Crippen LogP contribution in [0.2, 0.25) is 0 Å². The van der Waals surface area contributed by atoms with Crippen LogP contribution < -0.4 is 0 Å². The van der Waals surface area contributed by atoms with Gasteiger partial charge in [0.15, 0.2) is 9.84 Å². The van der Waals surface area contributed by atoms with Crippen LogP contribution >= 0.6 is 0 Å². The molecule has 0 aromatic carbocycles. The zero-order valence-corrected chi connectivity index (χ0v) is 10.9. The first-order valence-corrected chi connectivity index (χ1v) is 7.13. The van der Waals surface area contributed by atoms with Gasteiger partial charge in [-0.2, -0.15) is 5.10 Å². The van der Waals surface area contributed by atoms with E-state index in [1.54, 1.807) is 13.8 Å². The van der Waals surface area contributed by atoms with Gasteiger partial charge in [0.2, 0.25) is 0 Å². The summed E-state index contributed by atoms with van der Waals surface area (Å²) < 4.78 is 28.8. The van der Waals surface area contributed by atoms with Crippen LogP contribution in [0.15, 0.2) is 17.3 Å². The summed E-state index contributed by atoms with van der Waals surface area (Å²) in [6.45, 7) is 3.84. The van der Waals surface area contributed by atoms with Crippen LogP contribution in [0, 0.1) is 0 Å². The molecule has 0 N–H and O–H groups in total. The first-order valence-electron chi connectivity index (χ1n) is 5.24. The zero-order valence-electron chi connectivity index (χ0n) is 10.1. The molecule has 0 saturated carbocycles. The van der Waals surface area contributed by atoms with Crippen molar-refractivity contribution < 1.29 is 17.9 Å². The molecule has 1 atom stereocenters. The van der Waals surface area contributed by atoms with E-state index in [1.165, 1.54) is 17.1 Å². The summed E-state index contributed by atoms with van der Waals surface area (Å²) in [6, 6.07) is -0.232. The summed E-state index contributed by atoms with van der Waals surface area (Å²) in [5, 5.41) is 3.93. The molecule has 0 spiro atoms. The van der Waals surface area contributed by atoms with Crippen LogP contribution in [0.3, 0.4) is 0 Å². The maximum absolute atomic E-state index is 11.2. The second-order valence-corrected chi connectivity index (χ2v) is 5.80. The number of aromatic nitrogens is 2. The molecule has 1 rings (SSSR count). The number of carbonyl (C=O) groups is 1. The molecule has 0 saturated heterocycles. The Morgan fingerprint density at radius 2 is 2.24 bits per heavy atom. The number of hydrogen-bond donors (Lipinski definition) is 0. The monoisotopic (exact) mass is 260 g/mol. The minimum atomic E-state index is -3.25. The number of carbonyl (C=O) groups excluding carboxylic acids is 1. The molecule has 1 aromatic heterocycles. The van der Waals surface area contributed by atoms with Gasteiger partial charge in [0.1, 0.15) is 4.90 Å². The molecule has 0 aliphatic heterocycles. The minimum Gasteiger partial charge on any atom is -0.466 e. The summed E-state index contributed by atoms with van der Waals surface area (Å²) in [4.78, 5) is 11.4. The molecule has 7 heteroatoms. The van der Waals surface area contributed by atoms with Crippen LogP contribution in [0.5, 0.6) is 0 Å². The van der Waals surface area contributed by atoms with Crippen molar-refractivity contribution in [2.75, 3.05) is 12.9 Å². The standard InChI is InChI=1S/C10H16N2O4S/c1-4-16-10(13)5-8(2)12-7-9(6-11-12)17(3,14)15/h6-8H,4-5H2,1-3H3. The molecule has 1 aromatic rings. The van der Waals surface area contributed by atoms with Crippen molar-refractivity contribution in [3.05, 3.63) is 12.4 Å². The lowest BCUT2D eigenvalue weighted by molar-refractivity contribution is -0.143. The van der Waals surface area contributed by atoms with Gasteiger partial charge < -0.3 is 4.74 Å². The highest BCUT2D eigenvalue weighted by Gasteiger charge is 2.15. The molecular formula is C10H16N2O4S. The largest absolute Gasteiger partial charge is 0.466 e. The first-order chi connectivity index (χ1) is 7.84. The third-order valence-electron chi connectivity index (χ3n) is 2.22. The highest BCUT2D eigenvalue weighted by Crippen LogP contribution is 2.14. The fraction of sp³-hybridized carbons (Fsp3) is 0.600. The predicted octanol–water partition coefficient (Wildman–Crippen LogP) is 0.801. The van der Waals surface area contributed by atoms with Crippen LogP contribution in [0.1, 0.15) is 26.3 Å². The summed E-state index contributed by atoms with van der Waals surface area (Å²) in [5.41, 5.74) is 0. The molecular weight excluding hydrogens is 244 g/mol. The van der Waals surface area contributed by atoms with Gasteiger partial charge >= 0.3 is 5.97 Å². The molecule has 0 aliphatic carbocycles. The number of hydrogen-bond acceptors (Lipinski definition) is 5. The van der Waals surface area contributed by atoms with Gasteiger partial charge in [-0.3, -0.25) is 9.48 Å². The molecule has 0 bridgehead atoms. The average molecular weight is 260 g/mol. The summed E-state index contributed by atoms with van der Waals surface area (Å²) in [5.74, 6) is -0.323. The van der Waals surface area contributed by atoms with Crippen molar-refractivity contribution in [1.29, 1.82) is 0 Å². The van der Waals surface area contributed by atoms with Gasteiger partial charge in [0.05, 0.1) is 25.3 Å². The highest BCUT2D eigenvalue weighted by molar-refractivity contribution is 7.90. The van der Waals surface area contributed by atoms with Crippen LogP contribution in [-0.4, -0.2) is 37.0 Å². The Morgan fingerprint density at radius 3 is 2.71 bits per heavy atom. The van der Waals surface area contributed by atoms with E-state index in [4.69, 9.17) is 4.74 Å². The van der Waals surface area contributed by atoms with Crippen molar-refractivity contribution >= 4 is 15.8 Å². The maximum atomic E-state index is 11.2. The molecule has 17 heavy (non-hydrogen) atoms. The Morgan fingerprint density at radius 1 is 1.59 bits per heavy atom. The maximum Gasteiger partial charge on any atom is 0.307 e. The molecule has 1 unspecified atom stereocenters. The second kappa shape index (κ2) is 5.31. The van der Waals surface area contributed by atoms with E-state index >= 15 is 0 Å². The molecule has 0 fully saturated rings. The third kappa shape index (κ3) is 3.85. The Balaban J connectivity index is 2.74. The fourth-order valence-corrected chi connectivity index (χ4v) is 1.85.